The van der Waals surface area contributed by atoms with Crippen LogP contribution in [-0.4, -0.2) is 31.2 Å². The van der Waals surface area contributed by atoms with E-state index in [1.54, 1.807) is 0 Å². The van der Waals surface area contributed by atoms with Gasteiger partial charge in [-0.15, -0.1) is 0 Å². The van der Waals surface area contributed by atoms with E-state index in [-0.39, 0.29) is 11.4 Å². The summed E-state index contributed by atoms with van der Waals surface area (Å²) in [5.41, 5.74) is 7.62. The number of aryl methyl sites for hydroxylation is 1. The highest BCUT2D eigenvalue weighted by Crippen LogP contribution is 2.21. The number of nitrogens with one attached hydrogen (secondary N) is 1. The lowest BCUT2D eigenvalue weighted by Crippen LogP contribution is -2.49. The SMILES string of the molecule is Cc1ccc(C#CCN)cc1C(=O)NC1(C)CCOCC1. The van der Waals surface area contributed by atoms with Crippen LogP contribution in [0.1, 0.15) is 41.3 Å². The largest absolute Gasteiger partial charge is 0.381 e. The zero-order chi connectivity index (χ0) is 15.3. The maximum Gasteiger partial charge on any atom is 0.252 e. The first-order chi connectivity index (χ1) is 10.0. The van der Waals surface area contributed by atoms with Gasteiger partial charge in [-0.2, -0.15) is 0 Å². The first-order valence-electron chi connectivity index (χ1n) is 7.24. The van der Waals surface area contributed by atoms with E-state index in [1.165, 1.54) is 0 Å². The molecule has 0 atom stereocenters. The van der Waals surface area contributed by atoms with Gasteiger partial charge in [-0.3, -0.25) is 4.79 Å². The molecule has 0 bridgehead atoms. The molecule has 1 aromatic carbocycles. The smallest absolute Gasteiger partial charge is 0.252 e. The predicted molar refractivity (Wildman–Crippen MR) is 83.0 cm³/mol. The molecule has 112 valence electrons. The fourth-order valence-corrected chi connectivity index (χ4v) is 2.39. The highest BCUT2D eigenvalue weighted by Gasteiger charge is 2.29. The van der Waals surface area contributed by atoms with E-state index in [9.17, 15) is 4.79 Å². The second-order valence-corrected chi connectivity index (χ2v) is 5.66. The van der Waals surface area contributed by atoms with Crippen molar-refractivity contribution < 1.29 is 9.53 Å². The minimum Gasteiger partial charge on any atom is -0.381 e. The normalized spacial score (nSPS) is 16.7. The number of rotatable bonds is 2. The van der Waals surface area contributed by atoms with Crippen molar-refractivity contribution in [3.05, 3.63) is 34.9 Å². The Kier molecular flexibility index (Phi) is 5.00. The molecule has 3 N–H and O–H groups in total. The van der Waals surface area contributed by atoms with Gasteiger partial charge in [-0.1, -0.05) is 17.9 Å². The van der Waals surface area contributed by atoms with Gasteiger partial charge < -0.3 is 15.8 Å². The highest BCUT2D eigenvalue weighted by atomic mass is 16.5. The van der Waals surface area contributed by atoms with Crippen LogP contribution in [0.2, 0.25) is 0 Å². The van der Waals surface area contributed by atoms with Crippen LogP contribution in [-0.2, 0) is 4.74 Å². The summed E-state index contributed by atoms with van der Waals surface area (Å²) in [6.07, 6.45) is 1.68. The molecule has 1 amide bonds. The van der Waals surface area contributed by atoms with E-state index in [0.717, 1.165) is 24.0 Å². The summed E-state index contributed by atoms with van der Waals surface area (Å²) in [7, 11) is 0. The van der Waals surface area contributed by atoms with E-state index < -0.39 is 0 Å². The Morgan fingerprint density at radius 1 is 1.43 bits per heavy atom. The Morgan fingerprint density at radius 2 is 2.14 bits per heavy atom. The quantitative estimate of drug-likeness (QED) is 0.812. The van der Waals surface area contributed by atoms with Crippen molar-refractivity contribution in [2.24, 2.45) is 5.73 Å². The third-order valence-electron chi connectivity index (χ3n) is 3.83. The van der Waals surface area contributed by atoms with Crippen molar-refractivity contribution in [2.75, 3.05) is 19.8 Å². The first kappa shape index (κ1) is 15.6. The summed E-state index contributed by atoms with van der Waals surface area (Å²) < 4.78 is 5.36. The number of carbonyl (C=O) groups excluding carboxylic acids is 1. The van der Waals surface area contributed by atoms with Crippen LogP contribution < -0.4 is 11.1 Å². The first-order valence-corrected chi connectivity index (χ1v) is 7.24. The Hall–Kier alpha value is -1.83. The van der Waals surface area contributed by atoms with Gasteiger partial charge >= 0.3 is 0 Å². The third kappa shape index (κ3) is 4.07. The zero-order valence-electron chi connectivity index (χ0n) is 12.7. The molecule has 4 heteroatoms. The maximum absolute atomic E-state index is 12.5. The number of ether oxygens (including phenoxy) is 1. The average Bonchev–Trinajstić information content (AvgIpc) is 2.46. The molecule has 21 heavy (non-hydrogen) atoms. The Balaban J connectivity index is 2.18. The van der Waals surface area contributed by atoms with Crippen LogP contribution in [0.15, 0.2) is 18.2 Å². The van der Waals surface area contributed by atoms with Crippen molar-refractivity contribution in [2.45, 2.75) is 32.2 Å². The van der Waals surface area contributed by atoms with Crippen LogP contribution in [0.3, 0.4) is 0 Å². The molecule has 4 nitrogen and oxygen atoms in total. The molecule has 0 aromatic heterocycles. The maximum atomic E-state index is 12.5. The Morgan fingerprint density at radius 3 is 2.81 bits per heavy atom. The van der Waals surface area contributed by atoms with Gasteiger partial charge in [-0.25, -0.2) is 0 Å². The number of benzene rings is 1. The molecule has 1 aromatic rings. The molecular formula is C17H22N2O2. The van der Waals surface area contributed by atoms with Gasteiger partial charge in [0.1, 0.15) is 0 Å². The molecule has 1 aliphatic rings. The lowest BCUT2D eigenvalue weighted by molar-refractivity contribution is 0.0422. The second kappa shape index (κ2) is 6.75. The number of hydrogen-bond donors (Lipinski definition) is 2. The van der Waals surface area contributed by atoms with Crippen LogP contribution in [0.4, 0.5) is 0 Å². The molecule has 0 saturated carbocycles. The van der Waals surface area contributed by atoms with Crippen LogP contribution in [0.5, 0.6) is 0 Å². The molecule has 0 radical (unpaired) electrons. The Labute approximate surface area is 126 Å². The van der Waals surface area contributed by atoms with Gasteiger partial charge in [0.25, 0.3) is 5.91 Å². The minimum absolute atomic E-state index is 0.0479. The lowest BCUT2D eigenvalue weighted by atomic mass is 9.91. The molecule has 1 fully saturated rings. The number of amides is 1. The molecular weight excluding hydrogens is 264 g/mol. The average molecular weight is 286 g/mol. The minimum atomic E-state index is -0.194. The molecule has 1 aliphatic heterocycles. The Bertz CT molecular complexity index is 578. The van der Waals surface area contributed by atoms with Crippen molar-refractivity contribution in [1.29, 1.82) is 0 Å². The summed E-state index contributed by atoms with van der Waals surface area (Å²) in [6.45, 7) is 5.70. The molecule has 0 aliphatic carbocycles. The standard InChI is InChI=1S/C17H22N2O2/c1-13-5-6-14(4-3-9-18)12-15(13)16(20)19-17(2)7-10-21-11-8-17/h5-6,12H,7-11,18H2,1-2H3,(H,19,20). The van der Waals surface area contributed by atoms with E-state index in [4.69, 9.17) is 10.5 Å². The molecule has 2 rings (SSSR count). The van der Waals surface area contributed by atoms with Gasteiger partial charge in [-0.05, 0) is 44.4 Å². The topological polar surface area (TPSA) is 64.4 Å². The number of nitrogens with two attached hydrogens (primary N) is 1. The lowest BCUT2D eigenvalue weighted by Gasteiger charge is -2.34. The summed E-state index contributed by atoms with van der Waals surface area (Å²) in [5.74, 6) is 5.73. The number of carbonyl (C=O) groups is 1. The second-order valence-electron chi connectivity index (χ2n) is 5.66. The van der Waals surface area contributed by atoms with E-state index in [0.29, 0.717) is 25.3 Å². The molecule has 0 spiro atoms. The van der Waals surface area contributed by atoms with E-state index in [1.807, 2.05) is 25.1 Å². The van der Waals surface area contributed by atoms with Crippen LogP contribution >= 0.6 is 0 Å². The molecule has 1 heterocycles. The van der Waals surface area contributed by atoms with Gasteiger partial charge in [0, 0.05) is 29.9 Å². The van der Waals surface area contributed by atoms with Crippen LogP contribution in [0.25, 0.3) is 0 Å². The summed E-state index contributed by atoms with van der Waals surface area (Å²) in [5, 5.41) is 3.14. The highest BCUT2D eigenvalue weighted by molar-refractivity contribution is 5.96. The van der Waals surface area contributed by atoms with Crippen molar-refractivity contribution in [1.82, 2.24) is 5.32 Å². The van der Waals surface area contributed by atoms with E-state index in [2.05, 4.69) is 24.1 Å². The monoisotopic (exact) mass is 286 g/mol. The van der Waals surface area contributed by atoms with Gasteiger partial charge in [0.2, 0.25) is 0 Å². The van der Waals surface area contributed by atoms with Crippen molar-refractivity contribution in [3.8, 4) is 11.8 Å². The predicted octanol–water partition coefficient (Wildman–Crippen LogP) is 1.60. The summed E-state index contributed by atoms with van der Waals surface area (Å²) >= 11 is 0. The van der Waals surface area contributed by atoms with Crippen molar-refractivity contribution >= 4 is 5.91 Å². The third-order valence-corrected chi connectivity index (χ3v) is 3.83. The molecule has 1 saturated heterocycles. The van der Waals surface area contributed by atoms with Gasteiger partial charge in [0.15, 0.2) is 0 Å². The zero-order valence-corrected chi connectivity index (χ0v) is 12.7. The number of hydrogen-bond acceptors (Lipinski definition) is 3. The fraction of sp³-hybridized carbons (Fsp3) is 0.471. The van der Waals surface area contributed by atoms with Crippen LogP contribution in [0, 0.1) is 18.8 Å². The van der Waals surface area contributed by atoms with Gasteiger partial charge in [0.05, 0.1) is 6.54 Å². The summed E-state index contributed by atoms with van der Waals surface area (Å²) in [6, 6.07) is 5.66. The fourth-order valence-electron chi connectivity index (χ4n) is 2.39. The van der Waals surface area contributed by atoms with E-state index >= 15 is 0 Å². The molecule has 0 unspecified atom stereocenters. The van der Waals surface area contributed by atoms with Crippen molar-refractivity contribution in [3.63, 3.8) is 0 Å². The summed E-state index contributed by atoms with van der Waals surface area (Å²) in [4.78, 5) is 12.5.